The molecule has 0 unspecified atom stereocenters. The molecule has 0 saturated carbocycles. The van der Waals surface area contributed by atoms with Crippen LogP contribution in [-0.2, 0) is 12.6 Å². The Morgan fingerprint density at radius 3 is 2.50 bits per heavy atom. The van der Waals surface area contributed by atoms with Crippen LogP contribution in [0.15, 0.2) is 11.1 Å². The van der Waals surface area contributed by atoms with Crippen LogP contribution in [0, 0.1) is 0 Å². The van der Waals surface area contributed by atoms with Crippen molar-refractivity contribution >= 4 is 12.6 Å². The monoisotopic (exact) mass is 158 g/mol. The minimum Gasteiger partial charge on any atom is -0.763 e. The molecule has 0 atom stereocenters. The minimum atomic E-state index is 0.952. The van der Waals surface area contributed by atoms with E-state index in [1.54, 1.807) is 0 Å². The molecule has 0 aliphatic heterocycles. The van der Waals surface area contributed by atoms with Crippen LogP contribution in [0.25, 0.3) is 0 Å². The molecule has 60 valence electrons. The maximum atomic E-state index is 5.06. The molecule has 10 heavy (non-hydrogen) atoms. The molecule has 0 radical (unpaired) electrons. The largest absolute Gasteiger partial charge is 0.763 e. The summed E-state index contributed by atoms with van der Waals surface area (Å²) in [6.45, 7) is 2.19. The molecule has 0 aromatic carbocycles. The zero-order valence-electron chi connectivity index (χ0n) is 7.05. The molecule has 0 aliphatic carbocycles. The summed E-state index contributed by atoms with van der Waals surface area (Å²) in [5.74, 6) is 0. The van der Waals surface area contributed by atoms with Crippen LogP contribution in [0.5, 0.6) is 0 Å². The van der Waals surface area contributed by atoms with Gasteiger partial charge < -0.3 is 17.5 Å². The second kappa shape index (κ2) is 5.54. The lowest BCUT2D eigenvalue weighted by Crippen LogP contribution is -2.08. The van der Waals surface area contributed by atoms with Crippen molar-refractivity contribution in [2.24, 2.45) is 0 Å². The van der Waals surface area contributed by atoms with Crippen molar-refractivity contribution in [1.29, 1.82) is 0 Å². The fraction of sp³-hybridized carbons (Fsp3) is 0.750. The van der Waals surface area contributed by atoms with Crippen LogP contribution in [0.4, 0.5) is 0 Å². The van der Waals surface area contributed by atoms with E-state index in [4.69, 9.17) is 12.6 Å². The first-order chi connectivity index (χ1) is 4.68. The number of unbranched alkanes of at least 4 members (excludes halogenated alkanes) is 2. The topological polar surface area (TPSA) is 3.24 Å². The summed E-state index contributed by atoms with van der Waals surface area (Å²) >= 11 is 5.06. The van der Waals surface area contributed by atoms with Crippen LogP contribution in [0.1, 0.15) is 26.2 Å². The van der Waals surface area contributed by atoms with Gasteiger partial charge in [-0.3, -0.25) is 0 Å². The Bertz CT molecular complexity index is 108. The van der Waals surface area contributed by atoms with Gasteiger partial charge >= 0.3 is 0 Å². The predicted molar refractivity (Wildman–Crippen MR) is 48.7 cm³/mol. The van der Waals surface area contributed by atoms with Crippen molar-refractivity contribution in [3.05, 3.63) is 11.1 Å². The minimum absolute atomic E-state index is 0.952. The molecular formula is C8H16NS-. The summed E-state index contributed by atoms with van der Waals surface area (Å²) in [7, 11) is 3.95. The Balaban J connectivity index is 3.48. The third-order valence-electron chi connectivity index (χ3n) is 1.32. The van der Waals surface area contributed by atoms with Gasteiger partial charge in [-0.15, -0.1) is 5.03 Å². The van der Waals surface area contributed by atoms with Gasteiger partial charge in [0.25, 0.3) is 0 Å². The third-order valence-corrected chi connectivity index (χ3v) is 1.85. The fourth-order valence-electron chi connectivity index (χ4n) is 0.612. The molecule has 0 fully saturated rings. The highest BCUT2D eigenvalue weighted by Crippen LogP contribution is 2.01. The average molecular weight is 158 g/mol. The molecule has 0 heterocycles. The van der Waals surface area contributed by atoms with Crippen LogP contribution >= 0.6 is 0 Å². The summed E-state index contributed by atoms with van der Waals surface area (Å²) in [5.41, 5.74) is 0. The predicted octanol–water partition coefficient (Wildman–Crippen LogP) is 2.13. The summed E-state index contributed by atoms with van der Waals surface area (Å²) in [5, 5.41) is 0.952. The van der Waals surface area contributed by atoms with Gasteiger partial charge in [0.15, 0.2) is 0 Å². The Hall–Kier alpha value is -0.240. The number of hydrogen-bond donors (Lipinski definition) is 0. The van der Waals surface area contributed by atoms with Crippen molar-refractivity contribution in [3.63, 3.8) is 0 Å². The molecule has 0 spiro atoms. The van der Waals surface area contributed by atoms with E-state index in [0.717, 1.165) is 11.4 Å². The first-order valence-corrected chi connectivity index (χ1v) is 4.13. The normalized spacial score (nSPS) is 11.7. The first-order valence-electron chi connectivity index (χ1n) is 3.73. The van der Waals surface area contributed by atoms with E-state index in [-0.39, 0.29) is 0 Å². The summed E-state index contributed by atoms with van der Waals surface area (Å²) in [4.78, 5) is 1.96. The summed E-state index contributed by atoms with van der Waals surface area (Å²) < 4.78 is 0. The van der Waals surface area contributed by atoms with E-state index in [1.165, 1.54) is 12.8 Å². The van der Waals surface area contributed by atoms with E-state index in [9.17, 15) is 0 Å². The zero-order chi connectivity index (χ0) is 7.98. The van der Waals surface area contributed by atoms with E-state index in [2.05, 4.69) is 13.0 Å². The molecule has 0 amide bonds. The summed E-state index contributed by atoms with van der Waals surface area (Å²) in [6, 6.07) is 0. The molecule has 0 bridgehead atoms. The van der Waals surface area contributed by atoms with E-state index < -0.39 is 0 Å². The highest BCUT2D eigenvalue weighted by Gasteiger charge is 1.81. The maximum absolute atomic E-state index is 5.06. The van der Waals surface area contributed by atoms with Crippen molar-refractivity contribution in [1.82, 2.24) is 4.90 Å². The highest BCUT2D eigenvalue weighted by molar-refractivity contribution is 7.63. The lowest BCUT2D eigenvalue weighted by Gasteiger charge is -2.22. The Labute approximate surface area is 69.5 Å². The highest BCUT2D eigenvalue weighted by atomic mass is 32.1. The molecule has 0 saturated heterocycles. The molecular weight excluding hydrogens is 142 g/mol. The van der Waals surface area contributed by atoms with Crippen molar-refractivity contribution < 1.29 is 0 Å². The van der Waals surface area contributed by atoms with Crippen molar-refractivity contribution in [3.8, 4) is 0 Å². The van der Waals surface area contributed by atoms with Gasteiger partial charge in [0.2, 0.25) is 0 Å². The molecule has 0 N–H and O–H groups in total. The molecule has 0 aliphatic rings. The number of hydrogen-bond acceptors (Lipinski definition) is 2. The van der Waals surface area contributed by atoms with Crippen LogP contribution in [0.3, 0.4) is 0 Å². The summed E-state index contributed by atoms with van der Waals surface area (Å²) in [6.07, 6.45) is 5.72. The van der Waals surface area contributed by atoms with Crippen LogP contribution in [-0.4, -0.2) is 19.0 Å². The third kappa shape index (κ3) is 4.62. The van der Waals surface area contributed by atoms with E-state index in [1.807, 2.05) is 19.0 Å². The Morgan fingerprint density at radius 1 is 1.50 bits per heavy atom. The Morgan fingerprint density at radius 2 is 2.10 bits per heavy atom. The molecule has 0 aromatic heterocycles. The molecule has 0 aromatic rings. The molecule has 0 rings (SSSR count). The van der Waals surface area contributed by atoms with Crippen LogP contribution in [0.2, 0.25) is 0 Å². The van der Waals surface area contributed by atoms with E-state index in [0.29, 0.717) is 0 Å². The average Bonchev–Trinajstić information content (AvgIpc) is 1.88. The smallest absolute Gasteiger partial charge is 0.00396 e. The number of allylic oxidation sites excluding steroid dienone is 1. The first kappa shape index (κ1) is 9.76. The zero-order valence-corrected chi connectivity index (χ0v) is 7.87. The van der Waals surface area contributed by atoms with Gasteiger partial charge in [0.05, 0.1) is 0 Å². The number of rotatable bonds is 4. The van der Waals surface area contributed by atoms with Gasteiger partial charge in [0.1, 0.15) is 0 Å². The lowest BCUT2D eigenvalue weighted by molar-refractivity contribution is 0.547. The van der Waals surface area contributed by atoms with Gasteiger partial charge in [-0.05, 0) is 6.42 Å². The maximum Gasteiger partial charge on any atom is 0.00396 e. The van der Waals surface area contributed by atoms with Gasteiger partial charge in [0, 0.05) is 14.1 Å². The second-order valence-corrected chi connectivity index (χ2v) is 3.00. The SMILES string of the molecule is CCCC/C=C(/[S-])N(C)C. The fourth-order valence-corrected chi connectivity index (χ4v) is 0.730. The van der Waals surface area contributed by atoms with Crippen molar-refractivity contribution in [2.45, 2.75) is 26.2 Å². The van der Waals surface area contributed by atoms with E-state index >= 15 is 0 Å². The quantitative estimate of drug-likeness (QED) is 0.455. The van der Waals surface area contributed by atoms with Crippen LogP contribution < -0.4 is 0 Å². The Kier molecular flexibility index (Phi) is 5.40. The van der Waals surface area contributed by atoms with Crippen molar-refractivity contribution in [2.75, 3.05) is 14.1 Å². The van der Waals surface area contributed by atoms with Gasteiger partial charge in [-0.1, -0.05) is 25.8 Å². The standard InChI is InChI=1S/C8H17NS/c1-4-5-6-7-8(10)9(2)3/h7,10H,4-6H2,1-3H3/p-1/b8-7+. The lowest BCUT2D eigenvalue weighted by atomic mass is 10.2. The molecule has 1 nitrogen and oxygen atoms in total. The van der Waals surface area contributed by atoms with Gasteiger partial charge in [-0.2, -0.15) is 0 Å². The van der Waals surface area contributed by atoms with Gasteiger partial charge in [-0.25, -0.2) is 0 Å². The number of nitrogens with zero attached hydrogens (tertiary/aromatic N) is 1. The second-order valence-electron chi connectivity index (χ2n) is 2.58. The molecule has 2 heteroatoms.